The van der Waals surface area contributed by atoms with Crippen molar-refractivity contribution in [1.29, 1.82) is 5.26 Å². The van der Waals surface area contributed by atoms with E-state index in [4.69, 9.17) is 10.5 Å². The zero-order valence-electron chi connectivity index (χ0n) is 11.2. The Morgan fingerprint density at radius 2 is 2.14 bits per heavy atom. The maximum atomic E-state index is 13.5. The van der Waals surface area contributed by atoms with Gasteiger partial charge in [-0.15, -0.1) is 0 Å². The van der Waals surface area contributed by atoms with Crippen molar-refractivity contribution in [2.75, 3.05) is 12.8 Å². The van der Waals surface area contributed by atoms with Crippen LogP contribution in [0.2, 0.25) is 0 Å². The molecule has 2 aromatic carbocycles. The van der Waals surface area contributed by atoms with E-state index in [0.717, 1.165) is 0 Å². The summed E-state index contributed by atoms with van der Waals surface area (Å²) in [6, 6.07) is 11.3. The number of nitriles is 1. The van der Waals surface area contributed by atoms with E-state index < -0.39 is 5.82 Å². The molecule has 6 heteroatoms. The molecule has 0 unspecified atom stereocenters. The number of ether oxygens (including phenoxy) is 1. The minimum atomic E-state index is -0.406. The van der Waals surface area contributed by atoms with Crippen molar-refractivity contribution in [3.8, 4) is 17.5 Å². The zero-order chi connectivity index (χ0) is 15.0. The van der Waals surface area contributed by atoms with Gasteiger partial charge in [0.2, 0.25) is 5.95 Å². The van der Waals surface area contributed by atoms with Crippen molar-refractivity contribution in [2.24, 2.45) is 0 Å². The molecule has 5 nitrogen and oxygen atoms in total. The Balaban J connectivity index is 2.43. The van der Waals surface area contributed by atoms with Gasteiger partial charge in [-0.05, 0) is 24.3 Å². The molecule has 0 spiro atoms. The smallest absolute Gasteiger partial charge is 0.206 e. The highest BCUT2D eigenvalue weighted by Crippen LogP contribution is 2.32. The number of fused-ring (bicyclic) bond motifs is 1. The molecule has 0 atom stereocenters. The summed E-state index contributed by atoms with van der Waals surface area (Å²) in [4.78, 5) is 4.19. The molecule has 0 aliphatic rings. The number of benzene rings is 2. The zero-order valence-corrected chi connectivity index (χ0v) is 11.2. The fourth-order valence-electron chi connectivity index (χ4n) is 2.31. The van der Waals surface area contributed by atoms with Crippen LogP contribution in [0.3, 0.4) is 0 Å². The molecule has 1 aromatic heterocycles. The summed E-state index contributed by atoms with van der Waals surface area (Å²) in [5.74, 6) is 0.220. The lowest BCUT2D eigenvalue weighted by atomic mass is 10.1. The van der Waals surface area contributed by atoms with Crippen molar-refractivity contribution in [3.05, 3.63) is 47.8 Å². The van der Waals surface area contributed by atoms with Gasteiger partial charge >= 0.3 is 0 Å². The van der Waals surface area contributed by atoms with Crippen LogP contribution in [0.15, 0.2) is 36.4 Å². The van der Waals surface area contributed by atoms with E-state index >= 15 is 0 Å². The minimum Gasteiger partial charge on any atom is -0.495 e. The van der Waals surface area contributed by atoms with Gasteiger partial charge in [0, 0.05) is 6.07 Å². The van der Waals surface area contributed by atoms with Gasteiger partial charge in [0.25, 0.3) is 0 Å². The predicted molar refractivity (Wildman–Crippen MR) is 76.7 cm³/mol. The fraction of sp³-hybridized carbons (Fsp3) is 0.0667. The summed E-state index contributed by atoms with van der Waals surface area (Å²) in [5.41, 5.74) is 7.79. The van der Waals surface area contributed by atoms with E-state index in [-0.39, 0.29) is 5.95 Å². The van der Waals surface area contributed by atoms with Gasteiger partial charge in [-0.3, -0.25) is 4.57 Å². The number of imidazole rings is 1. The number of para-hydroxylation sites is 1. The lowest BCUT2D eigenvalue weighted by Crippen LogP contribution is -2.05. The highest BCUT2D eigenvalue weighted by Gasteiger charge is 2.18. The van der Waals surface area contributed by atoms with Crippen LogP contribution in [0.1, 0.15) is 5.56 Å². The molecular formula is C15H11FN4O. The number of hydrogen-bond acceptors (Lipinski definition) is 4. The monoisotopic (exact) mass is 282 g/mol. The number of hydrogen-bond donors (Lipinski definition) is 1. The first-order chi connectivity index (χ1) is 10.2. The lowest BCUT2D eigenvalue weighted by molar-refractivity contribution is 0.413. The van der Waals surface area contributed by atoms with Crippen LogP contribution in [0.4, 0.5) is 10.3 Å². The molecule has 0 fully saturated rings. The summed E-state index contributed by atoms with van der Waals surface area (Å²) in [7, 11) is 1.50. The molecule has 21 heavy (non-hydrogen) atoms. The number of anilines is 1. The van der Waals surface area contributed by atoms with Crippen LogP contribution in [-0.2, 0) is 0 Å². The molecule has 3 rings (SSSR count). The minimum absolute atomic E-state index is 0.164. The summed E-state index contributed by atoms with van der Waals surface area (Å²) < 4.78 is 20.3. The Hall–Kier alpha value is -3.07. The summed E-state index contributed by atoms with van der Waals surface area (Å²) >= 11 is 0. The number of aromatic nitrogens is 2. The highest BCUT2D eigenvalue weighted by atomic mass is 19.1. The van der Waals surface area contributed by atoms with Gasteiger partial charge in [0.05, 0.1) is 23.7 Å². The van der Waals surface area contributed by atoms with Crippen LogP contribution < -0.4 is 10.5 Å². The Kier molecular flexibility index (Phi) is 2.95. The standard InChI is InChI=1S/C15H11FN4O/c1-21-13-4-2-3-9(8-17)14(13)20-12-7-10(16)5-6-11(12)19-15(20)18/h2-7H,1H3,(H2,18,19). The van der Waals surface area contributed by atoms with Crippen molar-refractivity contribution in [3.63, 3.8) is 0 Å². The van der Waals surface area contributed by atoms with Crippen molar-refractivity contribution >= 4 is 17.0 Å². The summed E-state index contributed by atoms with van der Waals surface area (Å²) in [5, 5.41) is 9.30. The molecule has 0 amide bonds. The van der Waals surface area contributed by atoms with Crippen molar-refractivity contribution in [1.82, 2.24) is 9.55 Å². The molecule has 2 N–H and O–H groups in total. The van der Waals surface area contributed by atoms with Crippen LogP contribution in [0, 0.1) is 17.1 Å². The molecular weight excluding hydrogens is 271 g/mol. The van der Waals surface area contributed by atoms with Crippen LogP contribution >= 0.6 is 0 Å². The number of halogens is 1. The molecule has 0 aliphatic carbocycles. The van der Waals surface area contributed by atoms with Crippen LogP contribution in [0.25, 0.3) is 16.7 Å². The van der Waals surface area contributed by atoms with Gasteiger partial charge in [-0.1, -0.05) is 6.07 Å². The first kappa shape index (κ1) is 12.9. The second-order valence-corrected chi connectivity index (χ2v) is 4.41. The van der Waals surface area contributed by atoms with E-state index in [2.05, 4.69) is 11.1 Å². The van der Waals surface area contributed by atoms with Gasteiger partial charge in [0.1, 0.15) is 23.3 Å². The molecule has 0 aliphatic heterocycles. The molecule has 0 saturated carbocycles. The normalized spacial score (nSPS) is 10.5. The molecule has 104 valence electrons. The van der Waals surface area contributed by atoms with Gasteiger partial charge in [-0.2, -0.15) is 5.26 Å². The average Bonchev–Trinajstić information content (AvgIpc) is 2.81. The molecule has 0 saturated heterocycles. The third-order valence-electron chi connectivity index (χ3n) is 3.21. The number of nitrogen functional groups attached to an aromatic ring is 1. The Morgan fingerprint density at radius 3 is 2.86 bits per heavy atom. The second kappa shape index (κ2) is 4.80. The van der Waals surface area contributed by atoms with E-state index in [1.54, 1.807) is 24.3 Å². The Bertz CT molecular complexity index is 879. The van der Waals surface area contributed by atoms with Gasteiger partial charge < -0.3 is 10.5 Å². The largest absolute Gasteiger partial charge is 0.495 e. The SMILES string of the molecule is COc1cccc(C#N)c1-n1c(N)nc2ccc(F)cc21. The topological polar surface area (TPSA) is 76.9 Å². The molecule has 1 heterocycles. The Morgan fingerprint density at radius 1 is 1.33 bits per heavy atom. The maximum Gasteiger partial charge on any atom is 0.206 e. The lowest BCUT2D eigenvalue weighted by Gasteiger charge is -2.13. The highest BCUT2D eigenvalue weighted by molar-refractivity contribution is 5.82. The predicted octanol–water partition coefficient (Wildman–Crippen LogP) is 2.63. The molecule has 0 radical (unpaired) electrons. The van der Waals surface area contributed by atoms with Crippen molar-refractivity contribution < 1.29 is 9.13 Å². The van der Waals surface area contributed by atoms with E-state index in [0.29, 0.717) is 28.0 Å². The Labute approximate surface area is 120 Å². The quantitative estimate of drug-likeness (QED) is 0.783. The summed E-state index contributed by atoms with van der Waals surface area (Å²) in [6.45, 7) is 0. The first-order valence-corrected chi connectivity index (χ1v) is 6.16. The van der Waals surface area contributed by atoms with Crippen LogP contribution in [0.5, 0.6) is 5.75 Å². The van der Waals surface area contributed by atoms with Gasteiger partial charge in [-0.25, -0.2) is 9.37 Å². The van der Waals surface area contributed by atoms with E-state index in [9.17, 15) is 9.65 Å². The number of methoxy groups -OCH3 is 1. The third-order valence-corrected chi connectivity index (χ3v) is 3.21. The fourth-order valence-corrected chi connectivity index (χ4v) is 2.31. The number of nitrogens with two attached hydrogens (primary N) is 1. The first-order valence-electron chi connectivity index (χ1n) is 6.16. The average molecular weight is 282 g/mol. The van der Waals surface area contributed by atoms with Crippen molar-refractivity contribution in [2.45, 2.75) is 0 Å². The molecule has 0 bridgehead atoms. The van der Waals surface area contributed by atoms with E-state index in [1.807, 2.05) is 0 Å². The maximum absolute atomic E-state index is 13.5. The van der Waals surface area contributed by atoms with Crippen LogP contribution in [-0.4, -0.2) is 16.7 Å². The summed E-state index contributed by atoms with van der Waals surface area (Å²) in [6.07, 6.45) is 0. The second-order valence-electron chi connectivity index (χ2n) is 4.41. The molecule has 3 aromatic rings. The van der Waals surface area contributed by atoms with E-state index in [1.165, 1.54) is 23.8 Å². The third kappa shape index (κ3) is 1.96. The van der Waals surface area contributed by atoms with Gasteiger partial charge in [0.15, 0.2) is 0 Å². The number of nitrogens with zero attached hydrogens (tertiary/aromatic N) is 3. The number of rotatable bonds is 2.